The SMILES string of the molecule is Cc1cc(Nc2nncs2)nc([C@@H]2CCCN(c3ncccn3)C2)n1. The highest BCUT2D eigenvalue weighted by atomic mass is 32.1. The van der Waals surface area contributed by atoms with E-state index in [9.17, 15) is 0 Å². The summed E-state index contributed by atoms with van der Waals surface area (Å²) < 4.78 is 0. The molecule has 0 bridgehead atoms. The number of aryl methyl sites for hydroxylation is 1. The fraction of sp³-hybridized carbons (Fsp3) is 0.375. The van der Waals surface area contributed by atoms with Gasteiger partial charge in [-0.3, -0.25) is 0 Å². The van der Waals surface area contributed by atoms with E-state index in [0.29, 0.717) is 0 Å². The Hall–Kier alpha value is -2.68. The third-order valence-electron chi connectivity index (χ3n) is 4.09. The minimum Gasteiger partial charge on any atom is -0.340 e. The molecule has 1 atom stereocenters. The van der Waals surface area contributed by atoms with Gasteiger partial charge >= 0.3 is 0 Å². The van der Waals surface area contributed by atoms with Crippen molar-refractivity contribution in [1.82, 2.24) is 30.1 Å². The van der Waals surface area contributed by atoms with Crippen molar-refractivity contribution < 1.29 is 0 Å². The molecule has 4 rings (SSSR count). The van der Waals surface area contributed by atoms with Gasteiger partial charge in [-0.25, -0.2) is 19.9 Å². The molecule has 0 aromatic carbocycles. The van der Waals surface area contributed by atoms with Crippen molar-refractivity contribution in [2.75, 3.05) is 23.3 Å². The molecule has 25 heavy (non-hydrogen) atoms. The Morgan fingerprint density at radius 2 is 2.12 bits per heavy atom. The van der Waals surface area contributed by atoms with Crippen LogP contribution in [0.3, 0.4) is 0 Å². The van der Waals surface area contributed by atoms with Crippen LogP contribution in [0.1, 0.15) is 30.3 Å². The van der Waals surface area contributed by atoms with Crippen molar-refractivity contribution in [1.29, 1.82) is 0 Å². The maximum absolute atomic E-state index is 4.71. The Morgan fingerprint density at radius 1 is 1.24 bits per heavy atom. The van der Waals surface area contributed by atoms with Crippen LogP contribution < -0.4 is 10.2 Å². The number of aromatic nitrogens is 6. The summed E-state index contributed by atoms with van der Waals surface area (Å²) in [6.07, 6.45) is 5.68. The van der Waals surface area contributed by atoms with Gasteiger partial charge in [0.2, 0.25) is 11.1 Å². The van der Waals surface area contributed by atoms with E-state index < -0.39 is 0 Å². The molecule has 1 aliphatic rings. The van der Waals surface area contributed by atoms with Gasteiger partial charge in [-0.2, -0.15) is 0 Å². The van der Waals surface area contributed by atoms with Gasteiger partial charge in [-0.15, -0.1) is 10.2 Å². The molecule has 0 radical (unpaired) electrons. The van der Waals surface area contributed by atoms with Gasteiger partial charge in [-0.05, 0) is 25.8 Å². The van der Waals surface area contributed by atoms with E-state index in [1.165, 1.54) is 11.3 Å². The standard InChI is InChI=1S/C16H18N8S/c1-11-8-13(22-16-23-19-10-25-16)21-14(20-11)12-4-2-7-24(9-12)15-17-5-3-6-18-15/h3,5-6,8,10,12H,2,4,7,9H2,1H3,(H,20,21,22,23)/t12-/m1/s1. The Morgan fingerprint density at radius 3 is 2.92 bits per heavy atom. The molecular formula is C16H18N8S. The second kappa shape index (κ2) is 7.06. The molecule has 0 aliphatic carbocycles. The number of anilines is 3. The molecule has 9 heteroatoms. The maximum Gasteiger partial charge on any atom is 0.225 e. The van der Waals surface area contributed by atoms with Gasteiger partial charge in [0.25, 0.3) is 0 Å². The summed E-state index contributed by atoms with van der Waals surface area (Å²) in [4.78, 5) is 20.3. The molecule has 1 fully saturated rings. The number of hydrogen-bond acceptors (Lipinski definition) is 9. The lowest BCUT2D eigenvalue weighted by Crippen LogP contribution is -2.36. The zero-order valence-corrected chi connectivity index (χ0v) is 14.6. The van der Waals surface area contributed by atoms with Gasteiger partial charge < -0.3 is 10.2 Å². The summed E-state index contributed by atoms with van der Waals surface area (Å²) in [6, 6.07) is 3.76. The molecule has 0 saturated carbocycles. The lowest BCUT2D eigenvalue weighted by atomic mass is 9.97. The number of piperidine rings is 1. The molecule has 0 unspecified atom stereocenters. The van der Waals surface area contributed by atoms with Gasteiger partial charge in [0.1, 0.15) is 17.2 Å². The molecule has 1 N–H and O–H groups in total. The second-order valence-electron chi connectivity index (χ2n) is 5.96. The second-order valence-corrected chi connectivity index (χ2v) is 6.79. The summed E-state index contributed by atoms with van der Waals surface area (Å²) >= 11 is 1.44. The third-order valence-corrected chi connectivity index (χ3v) is 4.69. The Kier molecular flexibility index (Phi) is 4.47. The van der Waals surface area contributed by atoms with Crippen LogP contribution in [-0.2, 0) is 0 Å². The normalized spacial score (nSPS) is 17.5. The van der Waals surface area contributed by atoms with E-state index in [0.717, 1.165) is 54.3 Å². The van der Waals surface area contributed by atoms with Gasteiger partial charge in [0.15, 0.2) is 0 Å². The van der Waals surface area contributed by atoms with E-state index >= 15 is 0 Å². The monoisotopic (exact) mass is 354 g/mol. The van der Waals surface area contributed by atoms with Gasteiger partial charge in [0, 0.05) is 43.2 Å². The summed E-state index contributed by atoms with van der Waals surface area (Å²) in [7, 11) is 0. The first-order valence-corrected chi connectivity index (χ1v) is 9.06. The predicted molar refractivity (Wildman–Crippen MR) is 96.2 cm³/mol. The first-order valence-electron chi connectivity index (χ1n) is 8.18. The minimum absolute atomic E-state index is 0.257. The summed E-state index contributed by atoms with van der Waals surface area (Å²) in [6.45, 7) is 3.77. The number of hydrogen-bond donors (Lipinski definition) is 1. The Balaban J connectivity index is 1.55. The highest BCUT2D eigenvalue weighted by Gasteiger charge is 2.25. The van der Waals surface area contributed by atoms with Crippen LogP contribution in [0.5, 0.6) is 0 Å². The first kappa shape index (κ1) is 15.8. The molecule has 4 heterocycles. The molecule has 1 aliphatic heterocycles. The molecule has 8 nitrogen and oxygen atoms in total. The van der Waals surface area contributed by atoms with E-state index in [-0.39, 0.29) is 5.92 Å². The number of nitrogens with zero attached hydrogens (tertiary/aromatic N) is 7. The van der Waals surface area contributed by atoms with Crippen molar-refractivity contribution >= 4 is 28.2 Å². The Labute approximate surface area is 149 Å². The summed E-state index contributed by atoms with van der Waals surface area (Å²) in [5.41, 5.74) is 2.63. The molecule has 0 amide bonds. The fourth-order valence-corrected chi connectivity index (χ4v) is 3.45. The van der Waals surface area contributed by atoms with Crippen molar-refractivity contribution in [3.63, 3.8) is 0 Å². The summed E-state index contributed by atoms with van der Waals surface area (Å²) in [5.74, 6) is 2.64. The zero-order valence-electron chi connectivity index (χ0n) is 13.8. The first-order chi connectivity index (χ1) is 12.3. The van der Waals surface area contributed by atoms with E-state index in [4.69, 9.17) is 4.98 Å². The van der Waals surface area contributed by atoms with E-state index in [1.54, 1.807) is 17.9 Å². The maximum atomic E-state index is 4.71. The molecule has 3 aromatic heterocycles. The lowest BCUT2D eigenvalue weighted by molar-refractivity contribution is 0.485. The molecule has 3 aromatic rings. The molecule has 128 valence electrons. The van der Waals surface area contributed by atoms with Gasteiger partial charge in [-0.1, -0.05) is 11.3 Å². The summed E-state index contributed by atoms with van der Waals surface area (Å²) in [5, 5.41) is 11.8. The topological polar surface area (TPSA) is 92.6 Å². The predicted octanol–water partition coefficient (Wildman–Crippen LogP) is 2.55. The average molecular weight is 354 g/mol. The van der Waals surface area contributed by atoms with E-state index in [2.05, 4.69) is 35.4 Å². The number of rotatable bonds is 4. The fourth-order valence-electron chi connectivity index (χ4n) is 3.00. The van der Waals surface area contributed by atoms with Crippen LogP contribution in [-0.4, -0.2) is 43.2 Å². The van der Waals surface area contributed by atoms with Gasteiger partial charge in [0.05, 0.1) is 0 Å². The van der Waals surface area contributed by atoms with Crippen molar-refractivity contribution in [2.24, 2.45) is 0 Å². The van der Waals surface area contributed by atoms with Crippen LogP contribution in [0.2, 0.25) is 0 Å². The van der Waals surface area contributed by atoms with Crippen LogP contribution in [0.15, 0.2) is 30.0 Å². The molecule has 1 saturated heterocycles. The third kappa shape index (κ3) is 3.71. The highest BCUT2D eigenvalue weighted by Crippen LogP contribution is 2.28. The quantitative estimate of drug-likeness (QED) is 0.764. The largest absolute Gasteiger partial charge is 0.340 e. The van der Waals surface area contributed by atoms with Crippen LogP contribution in [0, 0.1) is 6.92 Å². The Bertz CT molecular complexity index is 823. The van der Waals surface area contributed by atoms with Crippen molar-refractivity contribution in [3.05, 3.63) is 41.6 Å². The van der Waals surface area contributed by atoms with Crippen LogP contribution in [0.25, 0.3) is 0 Å². The minimum atomic E-state index is 0.257. The zero-order chi connectivity index (χ0) is 17.1. The smallest absolute Gasteiger partial charge is 0.225 e. The molecule has 0 spiro atoms. The lowest BCUT2D eigenvalue weighted by Gasteiger charge is -2.32. The highest BCUT2D eigenvalue weighted by molar-refractivity contribution is 7.13. The molecular weight excluding hydrogens is 336 g/mol. The van der Waals surface area contributed by atoms with E-state index in [1.807, 2.05) is 19.1 Å². The van der Waals surface area contributed by atoms with Crippen LogP contribution >= 0.6 is 11.3 Å². The van der Waals surface area contributed by atoms with Crippen LogP contribution in [0.4, 0.5) is 16.9 Å². The number of nitrogens with one attached hydrogen (secondary N) is 1. The van der Waals surface area contributed by atoms with Crippen molar-refractivity contribution in [2.45, 2.75) is 25.7 Å². The van der Waals surface area contributed by atoms with Crippen molar-refractivity contribution in [3.8, 4) is 0 Å². The average Bonchev–Trinajstić information content (AvgIpc) is 3.15.